The zero-order chi connectivity index (χ0) is 19.6. The molecule has 3 aromatic heterocycles. The van der Waals surface area contributed by atoms with Crippen LogP contribution in [0.5, 0.6) is 0 Å². The smallest absolute Gasteiger partial charge is 0.271 e. The minimum atomic E-state index is -0.170. The van der Waals surface area contributed by atoms with Gasteiger partial charge in [-0.2, -0.15) is 15.3 Å². The van der Waals surface area contributed by atoms with Crippen molar-refractivity contribution in [3.8, 4) is 0 Å². The number of hydrogen-bond acceptors (Lipinski definition) is 4. The fourth-order valence-electron chi connectivity index (χ4n) is 2.93. The molecular formula is C18H24BrN7O. The van der Waals surface area contributed by atoms with Crippen LogP contribution in [-0.2, 0) is 13.2 Å². The number of hydrogen-bond donors (Lipinski definition) is 1. The van der Waals surface area contributed by atoms with E-state index in [1.54, 1.807) is 16.9 Å². The first-order valence-electron chi connectivity index (χ1n) is 8.87. The molecule has 3 rings (SSSR count). The molecule has 0 atom stereocenters. The molecule has 0 saturated carbocycles. The molecule has 144 valence electrons. The standard InChI is InChI=1S/C18H24BrN7O/c1-12-10-13(2)26(21-12)11-24-9-6-16(23-24)18(27)20-7-5-8-25-15(4)17(19)14(3)22-25/h6,9-10H,5,7-8,11H2,1-4H3,(H,20,27). The molecule has 0 aliphatic carbocycles. The molecule has 27 heavy (non-hydrogen) atoms. The van der Waals surface area contributed by atoms with Gasteiger partial charge in [0.15, 0.2) is 0 Å². The minimum Gasteiger partial charge on any atom is -0.351 e. The summed E-state index contributed by atoms with van der Waals surface area (Å²) in [6, 6.07) is 3.73. The van der Waals surface area contributed by atoms with Crippen molar-refractivity contribution in [2.24, 2.45) is 0 Å². The number of aryl methyl sites for hydroxylation is 4. The van der Waals surface area contributed by atoms with Crippen LogP contribution >= 0.6 is 15.9 Å². The maximum absolute atomic E-state index is 12.3. The second-order valence-corrected chi connectivity index (χ2v) is 7.42. The summed E-state index contributed by atoms with van der Waals surface area (Å²) in [5.74, 6) is -0.170. The van der Waals surface area contributed by atoms with Crippen molar-refractivity contribution in [2.45, 2.75) is 47.3 Å². The quantitative estimate of drug-likeness (QED) is 0.580. The van der Waals surface area contributed by atoms with Crippen LogP contribution in [0.2, 0.25) is 0 Å². The van der Waals surface area contributed by atoms with Gasteiger partial charge in [0.2, 0.25) is 0 Å². The van der Waals surface area contributed by atoms with Gasteiger partial charge in [-0.15, -0.1) is 0 Å². The number of halogens is 1. The predicted molar refractivity (Wildman–Crippen MR) is 106 cm³/mol. The maximum Gasteiger partial charge on any atom is 0.271 e. The lowest BCUT2D eigenvalue weighted by Gasteiger charge is -2.06. The van der Waals surface area contributed by atoms with Gasteiger partial charge < -0.3 is 5.32 Å². The lowest BCUT2D eigenvalue weighted by molar-refractivity contribution is 0.0946. The Morgan fingerprint density at radius 1 is 1.15 bits per heavy atom. The van der Waals surface area contributed by atoms with E-state index in [1.165, 1.54) is 0 Å². The SMILES string of the molecule is Cc1cc(C)n(Cn2ccc(C(=O)NCCCn3nc(C)c(Br)c3C)n2)n1. The van der Waals surface area contributed by atoms with Crippen LogP contribution in [0.1, 0.15) is 39.7 Å². The highest BCUT2D eigenvalue weighted by molar-refractivity contribution is 9.10. The molecule has 0 aromatic carbocycles. The molecule has 3 aromatic rings. The molecule has 0 unspecified atom stereocenters. The Hall–Kier alpha value is -2.42. The van der Waals surface area contributed by atoms with E-state index in [2.05, 4.69) is 36.5 Å². The third kappa shape index (κ3) is 4.47. The van der Waals surface area contributed by atoms with Crippen LogP contribution in [0.3, 0.4) is 0 Å². The zero-order valence-electron chi connectivity index (χ0n) is 16.0. The molecule has 0 saturated heterocycles. The molecule has 0 aliphatic heterocycles. The first kappa shape index (κ1) is 19.3. The molecule has 0 aliphatic rings. The van der Waals surface area contributed by atoms with E-state index in [4.69, 9.17) is 0 Å². The lowest BCUT2D eigenvalue weighted by atomic mass is 10.3. The van der Waals surface area contributed by atoms with E-state index in [9.17, 15) is 4.79 Å². The van der Waals surface area contributed by atoms with Gasteiger partial charge in [-0.05, 0) is 62.2 Å². The zero-order valence-corrected chi connectivity index (χ0v) is 17.6. The Balaban J connectivity index is 1.49. The Labute approximate surface area is 166 Å². The Morgan fingerprint density at radius 2 is 1.93 bits per heavy atom. The number of nitrogens with one attached hydrogen (secondary N) is 1. The van der Waals surface area contributed by atoms with Crippen LogP contribution in [-0.4, -0.2) is 41.8 Å². The predicted octanol–water partition coefficient (Wildman–Crippen LogP) is 2.60. The third-order valence-electron chi connectivity index (χ3n) is 4.38. The number of carbonyl (C=O) groups excluding carboxylic acids is 1. The van der Waals surface area contributed by atoms with Crippen LogP contribution in [0.4, 0.5) is 0 Å². The second kappa shape index (κ2) is 8.08. The lowest BCUT2D eigenvalue weighted by Crippen LogP contribution is -2.26. The summed E-state index contributed by atoms with van der Waals surface area (Å²) in [6.07, 6.45) is 2.59. The molecule has 1 N–H and O–H groups in total. The van der Waals surface area contributed by atoms with E-state index < -0.39 is 0 Å². The number of rotatable bonds is 7. The largest absolute Gasteiger partial charge is 0.351 e. The second-order valence-electron chi connectivity index (χ2n) is 6.63. The molecule has 9 heteroatoms. The van der Waals surface area contributed by atoms with Gasteiger partial charge >= 0.3 is 0 Å². The van der Waals surface area contributed by atoms with Crippen molar-refractivity contribution >= 4 is 21.8 Å². The molecular weight excluding hydrogens is 410 g/mol. The molecule has 0 radical (unpaired) electrons. The van der Waals surface area contributed by atoms with Crippen LogP contribution in [0.25, 0.3) is 0 Å². The Kier molecular flexibility index (Phi) is 5.79. The number of nitrogens with zero attached hydrogens (tertiary/aromatic N) is 6. The van der Waals surface area contributed by atoms with Crippen LogP contribution in [0.15, 0.2) is 22.8 Å². The first-order valence-corrected chi connectivity index (χ1v) is 9.66. The fraction of sp³-hybridized carbons (Fsp3) is 0.444. The number of carbonyl (C=O) groups is 1. The maximum atomic E-state index is 12.3. The van der Waals surface area contributed by atoms with E-state index in [0.29, 0.717) is 18.9 Å². The number of amides is 1. The summed E-state index contributed by atoms with van der Waals surface area (Å²) in [5.41, 5.74) is 4.51. The summed E-state index contributed by atoms with van der Waals surface area (Å²) in [5, 5.41) is 16.1. The molecule has 3 heterocycles. The number of aromatic nitrogens is 6. The van der Waals surface area contributed by atoms with E-state index in [-0.39, 0.29) is 5.91 Å². The van der Waals surface area contributed by atoms with E-state index in [0.717, 1.165) is 40.2 Å². The van der Waals surface area contributed by atoms with Crippen LogP contribution in [0, 0.1) is 27.7 Å². The molecule has 0 fully saturated rings. The van der Waals surface area contributed by atoms with Gasteiger partial charge in [0.1, 0.15) is 12.4 Å². The van der Waals surface area contributed by atoms with Crippen molar-refractivity contribution in [2.75, 3.05) is 6.54 Å². The van der Waals surface area contributed by atoms with Crippen molar-refractivity contribution < 1.29 is 4.79 Å². The molecule has 0 bridgehead atoms. The van der Waals surface area contributed by atoms with E-state index in [1.807, 2.05) is 43.1 Å². The minimum absolute atomic E-state index is 0.170. The average Bonchev–Trinajstić information content (AvgIpc) is 3.28. The summed E-state index contributed by atoms with van der Waals surface area (Å²) >= 11 is 3.52. The van der Waals surface area contributed by atoms with Gasteiger partial charge in [-0.25, -0.2) is 4.68 Å². The summed E-state index contributed by atoms with van der Waals surface area (Å²) in [6.45, 7) is 9.76. The van der Waals surface area contributed by atoms with Crippen molar-refractivity contribution in [1.29, 1.82) is 0 Å². The monoisotopic (exact) mass is 433 g/mol. The van der Waals surface area contributed by atoms with Gasteiger partial charge in [-0.3, -0.25) is 14.2 Å². The van der Waals surface area contributed by atoms with Gasteiger partial charge in [-0.1, -0.05) is 0 Å². The first-order chi connectivity index (χ1) is 12.8. The van der Waals surface area contributed by atoms with Crippen molar-refractivity contribution in [1.82, 2.24) is 34.7 Å². The van der Waals surface area contributed by atoms with Crippen LogP contribution < -0.4 is 5.32 Å². The van der Waals surface area contributed by atoms with Gasteiger partial charge in [0, 0.05) is 30.7 Å². The highest BCUT2D eigenvalue weighted by Crippen LogP contribution is 2.19. The average molecular weight is 434 g/mol. The third-order valence-corrected chi connectivity index (χ3v) is 5.53. The highest BCUT2D eigenvalue weighted by Gasteiger charge is 2.11. The summed E-state index contributed by atoms with van der Waals surface area (Å²) in [7, 11) is 0. The molecule has 8 nitrogen and oxygen atoms in total. The fourth-order valence-corrected chi connectivity index (χ4v) is 3.21. The summed E-state index contributed by atoms with van der Waals surface area (Å²) < 4.78 is 6.56. The Bertz CT molecular complexity index is 953. The van der Waals surface area contributed by atoms with E-state index >= 15 is 0 Å². The highest BCUT2D eigenvalue weighted by atomic mass is 79.9. The van der Waals surface area contributed by atoms with Gasteiger partial charge in [0.25, 0.3) is 5.91 Å². The van der Waals surface area contributed by atoms with Crippen molar-refractivity contribution in [3.63, 3.8) is 0 Å². The normalized spacial score (nSPS) is 11.1. The van der Waals surface area contributed by atoms with Gasteiger partial charge in [0.05, 0.1) is 15.9 Å². The summed E-state index contributed by atoms with van der Waals surface area (Å²) in [4.78, 5) is 12.3. The molecule has 0 spiro atoms. The Morgan fingerprint density at radius 3 is 2.56 bits per heavy atom. The van der Waals surface area contributed by atoms with Crippen molar-refractivity contribution in [3.05, 3.63) is 51.3 Å². The topological polar surface area (TPSA) is 82.6 Å². The molecule has 1 amide bonds.